The van der Waals surface area contributed by atoms with E-state index in [0.29, 0.717) is 13.0 Å². The number of ether oxygens (including phenoxy) is 1. The van der Waals surface area contributed by atoms with Crippen LogP contribution in [0.25, 0.3) is 27.7 Å². The van der Waals surface area contributed by atoms with Crippen LogP contribution < -0.4 is 0 Å². The molecule has 1 aliphatic carbocycles. The van der Waals surface area contributed by atoms with Gasteiger partial charge in [0.2, 0.25) is 0 Å². The summed E-state index contributed by atoms with van der Waals surface area (Å²) in [5.41, 5.74) is 4.84. The summed E-state index contributed by atoms with van der Waals surface area (Å²) >= 11 is 0. The highest BCUT2D eigenvalue weighted by molar-refractivity contribution is 7.59. The van der Waals surface area contributed by atoms with Gasteiger partial charge in [-0.05, 0) is 42.7 Å². The summed E-state index contributed by atoms with van der Waals surface area (Å²) in [7, 11) is 0. The fraction of sp³-hybridized carbons (Fsp3) is 0.333. The van der Waals surface area contributed by atoms with Crippen LogP contribution in [0.1, 0.15) is 31.4 Å². The predicted octanol–water partition coefficient (Wildman–Crippen LogP) is 3.66. The number of carbonyl (C=O) groups excluding carboxylic acids is 1. The fourth-order valence-electron chi connectivity index (χ4n) is 4.03. The van der Waals surface area contributed by atoms with Crippen molar-refractivity contribution < 1.29 is 9.53 Å². The van der Waals surface area contributed by atoms with Crippen LogP contribution in [0.3, 0.4) is 0 Å². The minimum Gasteiger partial charge on any atom is -0.465 e. The predicted molar refractivity (Wildman–Crippen MR) is 115 cm³/mol. The Hall–Kier alpha value is -2.87. The van der Waals surface area contributed by atoms with Crippen LogP contribution in [0.4, 0.5) is 0 Å². The van der Waals surface area contributed by atoms with E-state index >= 15 is 0 Å². The lowest BCUT2D eigenvalue weighted by atomic mass is 10.1. The number of carbonyl (C=O) groups is 1. The number of aromatic nitrogens is 5. The SMILES string of the molecule is O=C(OCCc1cc2c(-c3cnn4ncccc34)ccnc2[nH]1)C1CCCC1.S. The van der Waals surface area contributed by atoms with E-state index in [1.54, 1.807) is 17.0 Å². The first kappa shape index (κ1) is 19.4. The number of pyridine rings is 1. The molecular weight excluding hydrogens is 386 g/mol. The first-order valence-corrected chi connectivity index (χ1v) is 9.72. The van der Waals surface area contributed by atoms with Crippen LogP contribution in [0, 0.1) is 5.92 Å². The third-order valence-electron chi connectivity index (χ3n) is 5.49. The summed E-state index contributed by atoms with van der Waals surface area (Å²) in [5.74, 6) is 0.0477. The number of nitrogens with zero attached hydrogens (tertiary/aromatic N) is 4. The summed E-state index contributed by atoms with van der Waals surface area (Å²) in [6.45, 7) is 0.387. The number of nitrogens with one attached hydrogen (secondary N) is 1. The third kappa shape index (κ3) is 3.72. The summed E-state index contributed by atoms with van der Waals surface area (Å²) in [6, 6.07) is 7.98. The smallest absolute Gasteiger partial charge is 0.308 e. The van der Waals surface area contributed by atoms with E-state index in [1.165, 1.54) is 0 Å². The standard InChI is InChI=1S/C21H21N5O2.H2S/c27-21(14-4-1-2-5-14)28-11-8-15-12-17-16(7-10-22-20(17)25-15)18-13-24-26-19(18)6-3-9-23-26;/h3,6-7,9-10,12-14H,1-2,4-5,8,11H2,(H,22,25);1H2. The second-order valence-electron chi connectivity index (χ2n) is 7.27. The van der Waals surface area contributed by atoms with Gasteiger partial charge in [-0.3, -0.25) is 4.79 Å². The maximum absolute atomic E-state index is 12.1. The summed E-state index contributed by atoms with van der Waals surface area (Å²) in [4.78, 5) is 19.9. The van der Waals surface area contributed by atoms with Crippen molar-refractivity contribution in [1.82, 2.24) is 24.8 Å². The third-order valence-corrected chi connectivity index (χ3v) is 5.49. The molecule has 8 heteroatoms. The Morgan fingerprint density at radius 1 is 1.17 bits per heavy atom. The summed E-state index contributed by atoms with van der Waals surface area (Å²) < 4.78 is 7.11. The largest absolute Gasteiger partial charge is 0.465 e. The van der Waals surface area contributed by atoms with Gasteiger partial charge < -0.3 is 9.72 Å². The van der Waals surface area contributed by atoms with Gasteiger partial charge in [-0.15, -0.1) is 0 Å². The number of H-pyrrole nitrogens is 1. The molecule has 0 spiro atoms. The molecule has 0 amide bonds. The molecule has 0 radical (unpaired) electrons. The Bertz CT molecular complexity index is 1150. The zero-order valence-corrected chi connectivity index (χ0v) is 17.0. The maximum Gasteiger partial charge on any atom is 0.308 e. The van der Waals surface area contributed by atoms with Crippen molar-refractivity contribution in [2.24, 2.45) is 5.92 Å². The van der Waals surface area contributed by atoms with E-state index < -0.39 is 0 Å². The van der Waals surface area contributed by atoms with Crippen LogP contribution in [0.2, 0.25) is 0 Å². The molecular formula is C21H23N5O2S. The second kappa shape index (κ2) is 8.24. The number of rotatable bonds is 5. The zero-order chi connectivity index (χ0) is 18.9. The Labute approximate surface area is 174 Å². The molecule has 29 heavy (non-hydrogen) atoms. The van der Waals surface area contributed by atoms with Crippen molar-refractivity contribution in [3.05, 3.63) is 48.5 Å². The van der Waals surface area contributed by atoms with Crippen molar-refractivity contribution in [1.29, 1.82) is 0 Å². The van der Waals surface area contributed by atoms with Gasteiger partial charge >= 0.3 is 5.97 Å². The molecule has 4 heterocycles. The number of esters is 1. The van der Waals surface area contributed by atoms with Crippen LogP contribution in [0.15, 0.2) is 42.9 Å². The molecule has 0 aliphatic heterocycles. The minimum atomic E-state index is -0.0497. The second-order valence-corrected chi connectivity index (χ2v) is 7.27. The first-order valence-electron chi connectivity index (χ1n) is 9.72. The summed E-state index contributed by atoms with van der Waals surface area (Å²) in [6.07, 6.45) is 10.2. The van der Waals surface area contributed by atoms with Crippen LogP contribution in [0.5, 0.6) is 0 Å². The summed E-state index contributed by atoms with van der Waals surface area (Å²) in [5, 5.41) is 9.59. The Morgan fingerprint density at radius 2 is 2.03 bits per heavy atom. The van der Waals surface area contributed by atoms with E-state index in [0.717, 1.165) is 59.1 Å². The lowest BCUT2D eigenvalue weighted by Gasteiger charge is -2.08. The average molecular weight is 410 g/mol. The lowest BCUT2D eigenvalue weighted by molar-refractivity contribution is -0.148. The van der Waals surface area contributed by atoms with Crippen LogP contribution in [-0.4, -0.2) is 37.4 Å². The number of hydrogen-bond acceptors (Lipinski definition) is 5. The van der Waals surface area contributed by atoms with Crippen molar-refractivity contribution >= 4 is 36.0 Å². The normalized spacial score (nSPS) is 14.3. The maximum atomic E-state index is 12.1. The first-order chi connectivity index (χ1) is 13.8. The van der Waals surface area contributed by atoms with Gasteiger partial charge in [0.25, 0.3) is 0 Å². The Balaban J connectivity index is 0.00000205. The molecule has 1 N–H and O–H groups in total. The molecule has 0 atom stereocenters. The van der Waals surface area contributed by atoms with E-state index in [-0.39, 0.29) is 25.4 Å². The quantitative estimate of drug-likeness (QED) is 0.509. The number of fused-ring (bicyclic) bond motifs is 2. The van der Waals surface area contributed by atoms with Crippen molar-refractivity contribution in [2.75, 3.05) is 6.61 Å². The van der Waals surface area contributed by atoms with Gasteiger partial charge in [0.15, 0.2) is 0 Å². The van der Waals surface area contributed by atoms with Gasteiger partial charge in [0.05, 0.1) is 24.2 Å². The lowest BCUT2D eigenvalue weighted by Crippen LogP contribution is -2.16. The van der Waals surface area contributed by atoms with Crippen LogP contribution in [-0.2, 0) is 16.0 Å². The highest BCUT2D eigenvalue weighted by Gasteiger charge is 2.23. The van der Waals surface area contributed by atoms with E-state index in [2.05, 4.69) is 26.2 Å². The monoisotopic (exact) mass is 409 g/mol. The fourth-order valence-corrected chi connectivity index (χ4v) is 4.03. The molecule has 0 saturated heterocycles. The Morgan fingerprint density at radius 3 is 2.90 bits per heavy atom. The zero-order valence-electron chi connectivity index (χ0n) is 16.0. The van der Waals surface area contributed by atoms with E-state index in [4.69, 9.17) is 4.74 Å². The molecule has 1 saturated carbocycles. The van der Waals surface area contributed by atoms with Crippen molar-refractivity contribution in [2.45, 2.75) is 32.1 Å². The molecule has 0 bridgehead atoms. The molecule has 4 aromatic heterocycles. The molecule has 1 aliphatic rings. The highest BCUT2D eigenvalue weighted by Crippen LogP contribution is 2.31. The molecule has 0 aromatic carbocycles. The number of hydrogen-bond donors (Lipinski definition) is 1. The highest BCUT2D eigenvalue weighted by atomic mass is 32.1. The minimum absolute atomic E-state index is 0. The topological polar surface area (TPSA) is 85.2 Å². The molecule has 1 fully saturated rings. The van der Waals surface area contributed by atoms with Gasteiger partial charge in [0, 0.05) is 35.5 Å². The van der Waals surface area contributed by atoms with E-state index in [9.17, 15) is 4.79 Å². The Kier molecular flexibility index (Phi) is 5.53. The van der Waals surface area contributed by atoms with Gasteiger partial charge in [-0.25, -0.2) is 4.98 Å². The molecule has 5 rings (SSSR count). The number of aromatic amines is 1. The van der Waals surface area contributed by atoms with Crippen molar-refractivity contribution in [3.8, 4) is 11.1 Å². The van der Waals surface area contributed by atoms with E-state index in [1.807, 2.05) is 24.4 Å². The van der Waals surface area contributed by atoms with Gasteiger partial charge in [-0.2, -0.15) is 28.3 Å². The van der Waals surface area contributed by atoms with Gasteiger partial charge in [0.1, 0.15) is 5.65 Å². The molecule has 4 aromatic rings. The van der Waals surface area contributed by atoms with Gasteiger partial charge in [-0.1, -0.05) is 12.8 Å². The van der Waals surface area contributed by atoms with Crippen molar-refractivity contribution in [3.63, 3.8) is 0 Å². The molecule has 7 nitrogen and oxygen atoms in total. The van der Waals surface area contributed by atoms with Crippen LogP contribution >= 0.6 is 13.5 Å². The average Bonchev–Trinajstić information content (AvgIpc) is 3.46. The molecule has 0 unspecified atom stereocenters. The molecule has 150 valence electrons.